The van der Waals surface area contributed by atoms with Gasteiger partial charge in [-0.2, -0.15) is 0 Å². The first kappa shape index (κ1) is 9.68. The summed E-state index contributed by atoms with van der Waals surface area (Å²) < 4.78 is 0. The highest BCUT2D eigenvalue weighted by Gasteiger charge is 2.04. The minimum atomic E-state index is 0.560. The quantitative estimate of drug-likeness (QED) is 0.774. The molecule has 1 aromatic rings. The minimum absolute atomic E-state index is 0.560. The van der Waals surface area contributed by atoms with Crippen LogP contribution in [0.15, 0.2) is 5.38 Å². The molecule has 0 radical (unpaired) electrons. The van der Waals surface area contributed by atoms with Crippen molar-refractivity contribution in [2.75, 3.05) is 13.6 Å². The van der Waals surface area contributed by atoms with Crippen molar-refractivity contribution >= 4 is 11.3 Å². The number of hydrogen-bond donors (Lipinski definition) is 1. The van der Waals surface area contributed by atoms with Crippen LogP contribution in [-0.4, -0.2) is 18.6 Å². The van der Waals surface area contributed by atoms with Crippen LogP contribution in [0.25, 0.3) is 0 Å². The summed E-state index contributed by atoms with van der Waals surface area (Å²) in [6, 6.07) is 0. The maximum absolute atomic E-state index is 4.53. The Labute approximate surface area is 78.0 Å². The summed E-state index contributed by atoms with van der Waals surface area (Å²) in [5.41, 5.74) is 1.23. The molecule has 2 nitrogen and oxygen atoms in total. The predicted molar refractivity (Wildman–Crippen MR) is 53.8 cm³/mol. The van der Waals surface area contributed by atoms with E-state index in [0.717, 1.165) is 13.0 Å². The Hall–Kier alpha value is -0.410. The minimum Gasteiger partial charge on any atom is -0.319 e. The van der Waals surface area contributed by atoms with Crippen LogP contribution < -0.4 is 5.32 Å². The van der Waals surface area contributed by atoms with Crippen molar-refractivity contribution < 1.29 is 0 Å². The van der Waals surface area contributed by atoms with Crippen molar-refractivity contribution in [2.24, 2.45) is 0 Å². The maximum Gasteiger partial charge on any atom is 0.0941 e. The lowest BCUT2D eigenvalue weighted by Gasteiger charge is -1.97. The van der Waals surface area contributed by atoms with E-state index in [1.807, 2.05) is 7.05 Å². The van der Waals surface area contributed by atoms with Crippen molar-refractivity contribution in [3.05, 3.63) is 16.1 Å². The van der Waals surface area contributed by atoms with Crippen molar-refractivity contribution in [3.8, 4) is 0 Å². The Morgan fingerprint density at radius 3 is 2.83 bits per heavy atom. The van der Waals surface area contributed by atoms with E-state index >= 15 is 0 Å². The van der Waals surface area contributed by atoms with Gasteiger partial charge in [-0.05, 0) is 13.0 Å². The molecule has 12 heavy (non-hydrogen) atoms. The topological polar surface area (TPSA) is 24.9 Å². The van der Waals surface area contributed by atoms with E-state index in [1.165, 1.54) is 10.7 Å². The Balaban J connectivity index is 2.52. The summed E-state index contributed by atoms with van der Waals surface area (Å²) in [7, 11) is 1.97. The van der Waals surface area contributed by atoms with Crippen LogP contribution >= 0.6 is 11.3 Å². The highest BCUT2D eigenvalue weighted by molar-refractivity contribution is 7.09. The third kappa shape index (κ3) is 2.57. The molecule has 0 bridgehead atoms. The average Bonchev–Trinajstić information content (AvgIpc) is 2.48. The van der Waals surface area contributed by atoms with Crippen molar-refractivity contribution in [1.82, 2.24) is 10.3 Å². The monoisotopic (exact) mass is 184 g/mol. The molecule has 0 saturated carbocycles. The predicted octanol–water partition coefficient (Wildman–Crippen LogP) is 2.03. The number of likely N-dealkylation sites (N-methyl/N-ethyl adjacent to an activating group) is 1. The molecule has 0 amide bonds. The Morgan fingerprint density at radius 2 is 2.33 bits per heavy atom. The largest absolute Gasteiger partial charge is 0.319 e. The van der Waals surface area contributed by atoms with E-state index in [9.17, 15) is 0 Å². The normalized spacial score (nSPS) is 11.0. The molecule has 0 spiro atoms. The molecule has 0 aliphatic rings. The summed E-state index contributed by atoms with van der Waals surface area (Å²) in [5.74, 6) is 0.560. The van der Waals surface area contributed by atoms with E-state index in [-0.39, 0.29) is 0 Å². The highest BCUT2D eigenvalue weighted by Crippen LogP contribution is 2.17. The average molecular weight is 184 g/mol. The molecule has 0 fully saturated rings. The van der Waals surface area contributed by atoms with Gasteiger partial charge in [0, 0.05) is 18.3 Å². The number of nitrogens with one attached hydrogen (secondary N) is 1. The first-order valence-electron chi connectivity index (χ1n) is 4.33. The smallest absolute Gasteiger partial charge is 0.0941 e. The lowest BCUT2D eigenvalue weighted by atomic mass is 10.2. The summed E-state index contributed by atoms with van der Waals surface area (Å²) in [6.45, 7) is 5.37. The zero-order valence-electron chi connectivity index (χ0n) is 7.92. The number of nitrogens with zero attached hydrogens (tertiary/aromatic N) is 1. The summed E-state index contributed by atoms with van der Waals surface area (Å²) in [4.78, 5) is 4.53. The van der Waals surface area contributed by atoms with Gasteiger partial charge in [-0.3, -0.25) is 0 Å². The van der Waals surface area contributed by atoms with Crippen molar-refractivity contribution in [2.45, 2.75) is 26.2 Å². The molecule has 1 rings (SSSR count). The van der Waals surface area contributed by atoms with E-state index in [1.54, 1.807) is 11.3 Å². The first-order chi connectivity index (χ1) is 5.74. The molecule has 0 aliphatic heterocycles. The van der Waals surface area contributed by atoms with Gasteiger partial charge in [-0.1, -0.05) is 13.8 Å². The SMILES string of the molecule is CNCCc1nc(C(C)C)cs1. The van der Waals surface area contributed by atoms with Gasteiger partial charge < -0.3 is 5.32 Å². The molecule has 1 aromatic heterocycles. The van der Waals surface area contributed by atoms with Gasteiger partial charge in [-0.25, -0.2) is 4.98 Å². The van der Waals surface area contributed by atoms with Gasteiger partial charge in [0.05, 0.1) is 10.7 Å². The van der Waals surface area contributed by atoms with Crippen LogP contribution in [0.5, 0.6) is 0 Å². The van der Waals surface area contributed by atoms with Crippen LogP contribution in [0, 0.1) is 0 Å². The highest BCUT2D eigenvalue weighted by atomic mass is 32.1. The summed E-state index contributed by atoms with van der Waals surface area (Å²) >= 11 is 1.77. The molecular formula is C9H16N2S. The zero-order valence-corrected chi connectivity index (χ0v) is 8.74. The fourth-order valence-electron chi connectivity index (χ4n) is 0.937. The molecule has 0 unspecified atom stereocenters. The second kappa shape index (κ2) is 4.58. The van der Waals surface area contributed by atoms with Crippen LogP contribution in [-0.2, 0) is 6.42 Å². The molecule has 3 heteroatoms. The molecule has 0 aliphatic carbocycles. The van der Waals surface area contributed by atoms with Crippen molar-refractivity contribution in [1.29, 1.82) is 0 Å². The van der Waals surface area contributed by atoms with E-state index in [4.69, 9.17) is 0 Å². The van der Waals surface area contributed by atoms with Crippen LogP contribution in [0.1, 0.15) is 30.5 Å². The first-order valence-corrected chi connectivity index (χ1v) is 5.21. The van der Waals surface area contributed by atoms with E-state index in [2.05, 4.69) is 29.5 Å². The standard InChI is InChI=1S/C9H16N2S/c1-7(2)8-6-12-9(11-8)4-5-10-3/h6-7,10H,4-5H2,1-3H3. The lowest BCUT2D eigenvalue weighted by Crippen LogP contribution is -2.10. The zero-order chi connectivity index (χ0) is 8.97. The van der Waals surface area contributed by atoms with Gasteiger partial charge in [0.2, 0.25) is 0 Å². The molecule has 0 atom stereocenters. The number of thiazole rings is 1. The summed E-state index contributed by atoms with van der Waals surface area (Å²) in [6.07, 6.45) is 1.05. The maximum atomic E-state index is 4.53. The second-order valence-electron chi connectivity index (χ2n) is 3.17. The summed E-state index contributed by atoms with van der Waals surface area (Å²) in [5, 5.41) is 6.53. The van der Waals surface area contributed by atoms with E-state index in [0.29, 0.717) is 5.92 Å². The third-order valence-corrected chi connectivity index (χ3v) is 2.68. The van der Waals surface area contributed by atoms with Crippen LogP contribution in [0.4, 0.5) is 0 Å². The molecule has 0 saturated heterocycles. The molecule has 0 aromatic carbocycles. The Kier molecular flexibility index (Phi) is 3.69. The Morgan fingerprint density at radius 1 is 1.58 bits per heavy atom. The fraction of sp³-hybridized carbons (Fsp3) is 0.667. The second-order valence-corrected chi connectivity index (χ2v) is 4.12. The lowest BCUT2D eigenvalue weighted by molar-refractivity contribution is 0.772. The van der Waals surface area contributed by atoms with Gasteiger partial charge in [-0.15, -0.1) is 11.3 Å². The molecule has 1 heterocycles. The van der Waals surface area contributed by atoms with E-state index < -0.39 is 0 Å². The van der Waals surface area contributed by atoms with Gasteiger partial charge in [0.15, 0.2) is 0 Å². The number of hydrogen-bond acceptors (Lipinski definition) is 3. The van der Waals surface area contributed by atoms with Crippen molar-refractivity contribution in [3.63, 3.8) is 0 Å². The van der Waals surface area contributed by atoms with Crippen LogP contribution in [0.3, 0.4) is 0 Å². The van der Waals surface area contributed by atoms with Gasteiger partial charge >= 0.3 is 0 Å². The van der Waals surface area contributed by atoms with Gasteiger partial charge in [0.1, 0.15) is 0 Å². The van der Waals surface area contributed by atoms with Crippen LogP contribution in [0.2, 0.25) is 0 Å². The fourth-order valence-corrected chi connectivity index (χ4v) is 1.90. The number of aromatic nitrogens is 1. The molecular weight excluding hydrogens is 168 g/mol. The van der Waals surface area contributed by atoms with Gasteiger partial charge in [0.25, 0.3) is 0 Å². The molecule has 1 N–H and O–H groups in total. The Bertz CT molecular complexity index is 230. The number of rotatable bonds is 4. The molecule has 68 valence electrons. The third-order valence-electron chi connectivity index (χ3n) is 1.75.